The second kappa shape index (κ2) is 5.65. The van der Waals surface area contributed by atoms with Gasteiger partial charge in [-0.05, 0) is 37.1 Å². The van der Waals surface area contributed by atoms with Crippen molar-refractivity contribution in [1.29, 1.82) is 0 Å². The maximum Gasteiger partial charge on any atom is 0.216 e. The number of aliphatic imine (C=N–C) groups is 2. The van der Waals surface area contributed by atoms with E-state index in [0.717, 1.165) is 35.8 Å². The van der Waals surface area contributed by atoms with Gasteiger partial charge in [0.1, 0.15) is 13.2 Å². The summed E-state index contributed by atoms with van der Waals surface area (Å²) in [7, 11) is 0. The van der Waals surface area contributed by atoms with E-state index in [1.54, 1.807) is 0 Å². The van der Waals surface area contributed by atoms with Crippen molar-refractivity contribution in [1.82, 2.24) is 0 Å². The van der Waals surface area contributed by atoms with Gasteiger partial charge in [0.2, 0.25) is 11.8 Å². The van der Waals surface area contributed by atoms with Crippen LogP contribution in [0, 0.1) is 0 Å². The Bertz CT molecular complexity index is 485. The third-order valence-electron chi connectivity index (χ3n) is 3.75. The lowest BCUT2D eigenvalue weighted by Crippen LogP contribution is -2.05. The van der Waals surface area contributed by atoms with Gasteiger partial charge in [-0.1, -0.05) is 13.8 Å². The highest BCUT2D eigenvalue weighted by molar-refractivity contribution is 5.98. The lowest BCUT2D eigenvalue weighted by molar-refractivity contribution is 0.314. The van der Waals surface area contributed by atoms with E-state index >= 15 is 0 Å². The van der Waals surface area contributed by atoms with Gasteiger partial charge in [-0.15, -0.1) is 0 Å². The van der Waals surface area contributed by atoms with Crippen LogP contribution < -0.4 is 0 Å². The Balaban J connectivity index is 1.76. The van der Waals surface area contributed by atoms with Crippen LogP contribution in [0.4, 0.5) is 0 Å². The normalized spacial score (nSPS) is 24.9. The second-order valence-corrected chi connectivity index (χ2v) is 5.19. The van der Waals surface area contributed by atoms with Gasteiger partial charge >= 0.3 is 0 Å². The molecule has 0 aliphatic carbocycles. The first kappa shape index (κ1) is 13.2. The maximum atomic E-state index is 5.63. The Morgan fingerprint density at radius 2 is 1.25 bits per heavy atom. The molecule has 2 aliphatic rings. The average molecular weight is 272 g/mol. The molecule has 2 atom stereocenters. The molecule has 1 aromatic rings. The molecule has 0 saturated carbocycles. The van der Waals surface area contributed by atoms with Gasteiger partial charge in [0.05, 0.1) is 12.1 Å². The highest BCUT2D eigenvalue weighted by Crippen LogP contribution is 2.17. The topological polar surface area (TPSA) is 43.2 Å². The van der Waals surface area contributed by atoms with Crippen molar-refractivity contribution in [3.63, 3.8) is 0 Å². The molecule has 2 aliphatic heterocycles. The van der Waals surface area contributed by atoms with E-state index in [9.17, 15) is 0 Å². The molecule has 20 heavy (non-hydrogen) atoms. The molecule has 0 saturated heterocycles. The summed E-state index contributed by atoms with van der Waals surface area (Å²) in [6.45, 7) is 5.65. The lowest BCUT2D eigenvalue weighted by atomic mass is 10.1. The van der Waals surface area contributed by atoms with Crippen molar-refractivity contribution in [3.8, 4) is 0 Å². The largest absolute Gasteiger partial charge is 0.475 e. The van der Waals surface area contributed by atoms with Gasteiger partial charge in [-0.2, -0.15) is 0 Å². The first-order valence-corrected chi connectivity index (χ1v) is 7.32. The molecule has 0 N–H and O–H groups in total. The monoisotopic (exact) mass is 272 g/mol. The van der Waals surface area contributed by atoms with Crippen molar-refractivity contribution in [3.05, 3.63) is 35.4 Å². The highest BCUT2D eigenvalue weighted by atomic mass is 16.5. The quantitative estimate of drug-likeness (QED) is 0.846. The molecular formula is C16H20N2O2. The van der Waals surface area contributed by atoms with Gasteiger partial charge in [0.25, 0.3) is 0 Å². The zero-order valence-corrected chi connectivity index (χ0v) is 12.0. The number of hydrogen-bond donors (Lipinski definition) is 0. The number of benzene rings is 1. The van der Waals surface area contributed by atoms with Crippen LogP contribution in [0.15, 0.2) is 34.3 Å². The standard InChI is InChI=1S/C16H20N2O2/c1-3-13-9-19-15(17-13)11-5-7-12(8-6-11)16-18-14(4-2)10-20-16/h5-8,13-14H,3-4,9-10H2,1-2H3/t13-,14-/m1/s1. The highest BCUT2D eigenvalue weighted by Gasteiger charge is 2.20. The molecule has 3 rings (SSSR count). The summed E-state index contributed by atoms with van der Waals surface area (Å²) in [5, 5.41) is 0. The molecule has 0 radical (unpaired) electrons. The van der Waals surface area contributed by atoms with Crippen LogP contribution in [0.1, 0.15) is 37.8 Å². The summed E-state index contributed by atoms with van der Waals surface area (Å²) >= 11 is 0. The number of ether oxygens (including phenoxy) is 2. The molecule has 0 unspecified atom stereocenters. The summed E-state index contributed by atoms with van der Waals surface area (Å²) < 4.78 is 11.3. The van der Waals surface area contributed by atoms with Gasteiger partial charge < -0.3 is 9.47 Å². The van der Waals surface area contributed by atoms with E-state index in [-0.39, 0.29) is 0 Å². The van der Waals surface area contributed by atoms with Crippen LogP contribution in [0.3, 0.4) is 0 Å². The van der Waals surface area contributed by atoms with Gasteiger partial charge in [0.15, 0.2) is 0 Å². The fourth-order valence-electron chi connectivity index (χ4n) is 2.32. The van der Waals surface area contributed by atoms with Crippen LogP contribution in [0.5, 0.6) is 0 Å². The fraction of sp³-hybridized carbons (Fsp3) is 0.500. The van der Waals surface area contributed by atoms with E-state index in [4.69, 9.17) is 9.47 Å². The summed E-state index contributed by atoms with van der Waals surface area (Å²) in [4.78, 5) is 9.12. The molecule has 4 nitrogen and oxygen atoms in total. The predicted molar refractivity (Wildman–Crippen MR) is 79.6 cm³/mol. The fourth-order valence-corrected chi connectivity index (χ4v) is 2.32. The van der Waals surface area contributed by atoms with E-state index in [0.29, 0.717) is 25.3 Å². The number of nitrogens with zero attached hydrogens (tertiary/aromatic N) is 2. The molecule has 2 heterocycles. The minimum absolute atomic E-state index is 0.303. The zero-order chi connectivity index (χ0) is 13.9. The smallest absolute Gasteiger partial charge is 0.216 e. The minimum atomic E-state index is 0.303. The van der Waals surface area contributed by atoms with Crippen molar-refractivity contribution in [2.75, 3.05) is 13.2 Å². The van der Waals surface area contributed by atoms with Gasteiger partial charge in [-0.25, -0.2) is 9.98 Å². The van der Waals surface area contributed by atoms with Crippen LogP contribution in [-0.4, -0.2) is 37.1 Å². The van der Waals surface area contributed by atoms with Crippen LogP contribution >= 0.6 is 0 Å². The van der Waals surface area contributed by atoms with E-state index < -0.39 is 0 Å². The van der Waals surface area contributed by atoms with Gasteiger partial charge in [0, 0.05) is 11.1 Å². The first-order chi connectivity index (χ1) is 9.80. The number of rotatable bonds is 4. The molecule has 0 bridgehead atoms. The Hall–Kier alpha value is -1.84. The Labute approximate surface area is 119 Å². The van der Waals surface area contributed by atoms with E-state index in [1.807, 2.05) is 24.3 Å². The molecule has 106 valence electrons. The SMILES string of the molecule is CC[C@@H]1COC(c2ccc(C3=N[C@H](CC)CO3)cc2)=N1. The van der Waals surface area contributed by atoms with E-state index in [2.05, 4.69) is 23.8 Å². The molecular weight excluding hydrogens is 252 g/mol. The first-order valence-electron chi connectivity index (χ1n) is 7.32. The van der Waals surface area contributed by atoms with Crippen LogP contribution in [0.25, 0.3) is 0 Å². The molecule has 0 fully saturated rings. The van der Waals surface area contributed by atoms with Crippen molar-refractivity contribution < 1.29 is 9.47 Å². The Morgan fingerprint density at radius 1 is 0.850 bits per heavy atom. The maximum absolute atomic E-state index is 5.63. The number of hydrogen-bond acceptors (Lipinski definition) is 4. The second-order valence-electron chi connectivity index (χ2n) is 5.19. The summed E-state index contributed by atoms with van der Waals surface area (Å²) in [6, 6.07) is 8.71. The molecule has 0 spiro atoms. The molecule has 0 amide bonds. The van der Waals surface area contributed by atoms with E-state index in [1.165, 1.54) is 0 Å². The summed E-state index contributed by atoms with van der Waals surface area (Å²) in [5.41, 5.74) is 2.05. The predicted octanol–water partition coefficient (Wildman–Crippen LogP) is 2.80. The Kier molecular flexibility index (Phi) is 3.72. The zero-order valence-electron chi connectivity index (χ0n) is 12.0. The van der Waals surface area contributed by atoms with Crippen molar-refractivity contribution in [2.24, 2.45) is 9.98 Å². The third-order valence-corrected chi connectivity index (χ3v) is 3.75. The Morgan fingerprint density at radius 3 is 1.55 bits per heavy atom. The molecule has 1 aromatic carbocycles. The molecule has 0 aromatic heterocycles. The third kappa shape index (κ3) is 2.55. The minimum Gasteiger partial charge on any atom is -0.475 e. The lowest BCUT2D eigenvalue weighted by Gasteiger charge is -2.04. The van der Waals surface area contributed by atoms with Crippen molar-refractivity contribution >= 4 is 11.8 Å². The van der Waals surface area contributed by atoms with Crippen molar-refractivity contribution in [2.45, 2.75) is 38.8 Å². The van der Waals surface area contributed by atoms with Gasteiger partial charge in [-0.3, -0.25) is 0 Å². The van der Waals surface area contributed by atoms with Crippen LogP contribution in [0.2, 0.25) is 0 Å². The summed E-state index contributed by atoms with van der Waals surface area (Å²) in [6.07, 6.45) is 2.04. The molecule has 4 heteroatoms. The van der Waals surface area contributed by atoms with Crippen LogP contribution in [-0.2, 0) is 9.47 Å². The average Bonchev–Trinajstić information content (AvgIpc) is 3.16. The summed E-state index contributed by atoms with van der Waals surface area (Å²) in [5.74, 6) is 1.51.